The fourth-order valence-corrected chi connectivity index (χ4v) is 4.26. The molecule has 0 aromatic heterocycles. The fraction of sp³-hybridized carbons (Fsp3) is 0.167. The van der Waals surface area contributed by atoms with E-state index in [-0.39, 0.29) is 24.1 Å². The first-order valence-corrected chi connectivity index (χ1v) is 11.3. The Morgan fingerprint density at radius 3 is 2.53 bits per heavy atom. The lowest BCUT2D eigenvalue weighted by molar-refractivity contribution is -0.124. The minimum Gasteiger partial charge on any atom is -0.293 e. The monoisotopic (exact) mass is 465 g/mol. The van der Waals surface area contributed by atoms with Crippen molar-refractivity contribution >= 4 is 52.1 Å². The zero-order valence-corrected chi connectivity index (χ0v) is 19.2. The van der Waals surface area contributed by atoms with E-state index in [1.54, 1.807) is 18.2 Å². The Labute approximate surface area is 196 Å². The normalized spacial score (nSPS) is 14.9. The molecule has 2 aromatic carbocycles. The van der Waals surface area contributed by atoms with Crippen LogP contribution in [0.3, 0.4) is 0 Å². The topological polar surface area (TPSA) is 78.5 Å². The van der Waals surface area contributed by atoms with Crippen LogP contribution in [0.1, 0.15) is 34.3 Å². The molecule has 0 unspecified atom stereocenters. The Kier molecular flexibility index (Phi) is 8.35. The number of carbonyl (C=O) groups is 3. The number of thiocarbonyl (C=S) groups is 1. The van der Waals surface area contributed by atoms with E-state index < -0.39 is 0 Å². The van der Waals surface area contributed by atoms with Crippen LogP contribution >= 0.6 is 24.0 Å². The molecule has 0 bridgehead atoms. The summed E-state index contributed by atoms with van der Waals surface area (Å²) >= 11 is 6.56. The Bertz CT molecular complexity index is 1080. The minimum atomic E-state index is -0.373. The summed E-state index contributed by atoms with van der Waals surface area (Å²) in [5.41, 5.74) is 7.18. The average molecular weight is 466 g/mol. The zero-order chi connectivity index (χ0) is 22.9. The highest BCUT2D eigenvalue weighted by Gasteiger charge is 2.31. The maximum absolute atomic E-state index is 12.6. The predicted octanol–water partition coefficient (Wildman–Crippen LogP) is 3.99. The number of rotatable bonds is 7. The van der Waals surface area contributed by atoms with E-state index in [1.807, 2.05) is 61.5 Å². The van der Waals surface area contributed by atoms with E-state index in [9.17, 15) is 14.4 Å². The standard InChI is InChI=1S/C24H23N3O3S2/c1-17-9-5-6-13-19(17)22(29)26-25-21(28)15-8-16-27-23(30)20(32-24(27)31)14-7-12-18-10-3-2-4-11-18/h2-7,9-14H,8,15-16H2,1H3,(H,25,28)(H,26,29). The molecule has 2 N–H and O–H groups in total. The van der Waals surface area contributed by atoms with Crippen LogP contribution in [0.25, 0.3) is 6.08 Å². The molecule has 1 aliphatic rings. The summed E-state index contributed by atoms with van der Waals surface area (Å²) < 4.78 is 0.475. The predicted molar refractivity (Wildman–Crippen MR) is 131 cm³/mol. The highest BCUT2D eigenvalue weighted by Crippen LogP contribution is 2.31. The van der Waals surface area contributed by atoms with Gasteiger partial charge in [-0.15, -0.1) is 0 Å². The minimum absolute atomic E-state index is 0.151. The summed E-state index contributed by atoms with van der Waals surface area (Å²) in [5, 5.41) is 0. The lowest BCUT2D eigenvalue weighted by atomic mass is 10.1. The number of hydrazine groups is 1. The fourth-order valence-electron chi connectivity index (χ4n) is 3.00. The smallest absolute Gasteiger partial charge is 0.269 e. The van der Waals surface area contributed by atoms with Crippen LogP contribution < -0.4 is 10.9 Å². The van der Waals surface area contributed by atoms with Crippen LogP contribution in [0.5, 0.6) is 0 Å². The van der Waals surface area contributed by atoms with Crippen molar-refractivity contribution in [1.29, 1.82) is 0 Å². The maximum Gasteiger partial charge on any atom is 0.269 e. The van der Waals surface area contributed by atoms with Crippen molar-refractivity contribution in [3.8, 4) is 0 Å². The molecule has 0 saturated carbocycles. The highest BCUT2D eigenvalue weighted by molar-refractivity contribution is 8.26. The van der Waals surface area contributed by atoms with Crippen LogP contribution in [0.4, 0.5) is 0 Å². The molecular formula is C24H23N3O3S2. The Hall–Kier alpha value is -3.23. The van der Waals surface area contributed by atoms with E-state index in [0.29, 0.717) is 27.8 Å². The summed E-state index contributed by atoms with van der Waals surface area (Å²) in [7, 11) is 0. The van der Waals surface area contributed by atoms with Crippen molar-refractivity contribution in [2.24, 2.45) is 0 Å². The molecule has 0 aliphatic carbocycles. The molecule has 0 spiro atoms. The van der Waals surface area contributed by atoms with E-state index in [0.717, 1.165) is 11.1 Å². The molecule has 1 fully saturated rings. The second-order valence-corrected chi connectivity index (χ2v) is 8.72. The number of carbonyl (C=O) groups excluding carboxylic acids is 3. The summed E-state index contributed by atoms with van der Waals surface area (Å²) in [6.45, 7) is 2.16. The first-order valence-electron chi connectivity index (χ1n) is 10.1. The van der Waals surface area contributed by atoms with E-state index in [4.69, 9.17) is 12.2 Å². The second kappa shape index (κ2) is 11.4. The molecule has 164 valence electrons. The quantitative estimate of drug-likeness (QED) is 0.367. The van der Waals surface area contributed by atoms with Crippen molar-refractivity contribution in [2.45, 2.75) is 19.8 Å². The molecule has 6 nitrogen and oxygen atoms in total. The number of aryl methyl sites for hydroxylation is 1. The lowest BCUT2D eigenvalue weighted by Gasteiger charge is -2.14. The molecule has 0 radical (unpaired) electrons. The van der Waals surface area contributed by atoms with Crippen LogP contribution in [-0.4, -0.2) is 33.5 Å². The third-order valence-electron chi connectivity index (χ3n) is 4.70. The second-order valence-electron chi connectivity index (χ2n) is 7.05. The molecule has 2 aromatic rings. The van der Waals surface area contributed by atoms with Crippen molar-refractivity contribution in [3.63, 3.8) is 0 Å². The van der Waals surface area contributed by atoms with Gasteiger partial charge < -0.3 is 0 Å². The lowest BCUT2D eigenvalue weighted by Crippen LogP contribution is -2.42. The Morgan fingerprint density at radius 1 is 1.06 bits per heavy atom. The highest BCUT2D eigenvalue weighted by atomic mass is 32.2. The SMILES string of the molecule is Cc1ccccc1C(=O)NNC(=O)CCCN1C(=O)C(=CC=Cc2ccccc2)SC1=S. The first-order chi connectivity index (χ1) is 15.5. The number of amides is 3. The summed E-state index contributed by atoms with van der Waals surface area (Å²) in [6.07, 6.45) is 6.07. The van der Waals surface area contributed by atoms with E-state index in [1.165, 1.54) is 16.7 Å². The molecule has 3 rings (SSSR count). The summed E-state index contributed by atoms with van der Waals surface area (Å²) in [5.74, 6) is -0.869. The van der Waals surface area contributed by atoms with Gasteiger partial charge in [-0.3, -0.25) is 30.1 Å². The number of benzene rings is 2. The van der Waals surface area contributed by atoms with Crippen LogP contribution in [-0.2, 0) is 9.59 Å². The Balaban J connectivity index is 1.43. The molecular weight excluding hydrogens is 442 g/mol. The molecule has 1 saturated heterocycles. The van der Waals surface area contributed by atoms with Gasteiger partial charge in [-0.25, -0.2) is 0 Å². The third kappa shape index (κ3) is 6.38. The molecule has 1 heterocycles. The molecule has 1 aliphatic heterocycles. The van der Waals surface area contributed by atoms with Gasteiger partial charge in [0.1, 0.15) is 4.32 Å². The van der Waals surface area contributed by atoms with Gasteiger partial charge in [0.2, 0.25) is 5.91 Å². The number of hydrogen-bond acceptors (Lipinski definition) is 5. The third-order valence-corrected chi connectivity index (χ3v) is 6.10. The van der Waals surface area contributed by atoms with Gasteiger partial charge in [0.05, 0.1) is 4.91 Å². The number of nitrogens with one attached hydrogen (secondary N) is 2. The van der Waals surface area contributed by atoms with Gasteiger partial charge in [-0.2, -0.15) is 0 Å². The molecule has 0 atom stereocenters. The number of thioether (sulfide) groups is 1. The number of allylic oxidation sites excluding steroid dienone is 2. The molecule has 3 amide bonds. The van der Waals surface area contributed by atoms with Gasteiger partial charge in [0, 0.05) is 18.5 Å². The molecule has 8 heteroatoms. The van der Waals surface area contributed by atoms with Crippen LogP contribution in [0, 0.1) is 6.92 Å². The van der Waals surface area contributed by atoms with Crippen LogP contribution in [0.2, 0.25) is 0 Å². The van der Waals surface area contributed by atoms with Gasteiger partial charge in [0.25, 0.3) is 11.8 Å². The largest absolute Gasteiger partial charge is 0.293 e. The number of nitrogens with zero attached hydrogens (tertiary/aromatic N) is 1. The van der Waals surface area contributed by atoms with Crippen molar-refractivity contribution in [2.75, 3.05) is 6.54 Å². The van der Waals surface area contributed by atoms with E-state index >= 15 is 0 Å². The van der Waals surface area contributed by atoms with Crippen molar-refractivity contribution in [1.82, 2.24) is 15.8 Å². The van der Waals surface area contributed by atoms with Crippen LogP contribution in [0.15, 0.2) is 71.7 Å². The molecule has 32 heavy (non-hydrogen) atoms. The van der Waals surface area contributed by atoms with Crippen molar-refractivity contribution in [3.05, 3.63) is 88.3 Å². The summed E-state index contributed by atoms with van der Waals surface area (Å²) in [6, 6.07) is 16.9. The average Bonchev–Trinajstić information content (AvgIpc) is 3.06. The van der Waals surface area contributed by atoms with Gasteiger partial charge in [-0.05, 0) is 36.6 Å². The van der Waals surface area contributed by atoms with Gasteiger partial charge >= 0.3 is 0 Å². The Morgan fingerprint density at radius 2 is 1.78 bits per heavy atom. The van der Waals surface area contributed by atoms with Gasteiger partial charge in [0.15, 0.2) is 0 Å². The first kappa shape index (κ1) is 23.4. The number of hydrogen-bond donors (Lipinski definition) is 2. The van der Waals surface area contributed by atoms with Gasteiger partial charge in [-0.1, -0.05) is 84.7 Å². The maximum atomic E-state index is 12.6. The van der Waals surface area contributed by atoms with E-state index in [2.05, 4.69) is 10.9 Å². The van der Waals surface area contributed by atoms with Crippen molar-refractivity contribution < 1.29 is 14.4 Å². The summed E-state index contributed by atoms with van der Waals surface area (Å²) in [4.78, 5) is 38.8. The zero-order valence-electron chi connectivity index (χ0n) is 17.5.